The summed E-state index contributed by atoms with van der Waals surface area (Å²) in [4.78, 5) is 0. The second-order valence-corrected chi connectivity index (χ2v) is 1.88. The van der Waals surface area contributed by atoms with Crippen molar-refractivity contribution in [2.75, 3.05) is 13.1 Å². The highest BCUT2D eigenvalue weighted by molar-refractivity contribution is 4.65. The monoisotopic (exact) mass is 118 g/mol. The molecule has 0 saturated carbocycles. The summed E-state index contributed by atoms with van der Waals surface area (Å²) in [5, 5.41) is 22.3. The van der Waals surface area contributed by atoms with E-state index in [1.54, 1.807) is 0 Å². The molecule has 4 nitrogen and oxygen atoms in total. The zero-order valence-corrected chi connectivity index (χ0v) is 4.52. The van der Waals surface area contributed by atoms with Gasteiger partial charge in [0.05, 0.1) is 0 Å². The Kier molecular flexibility index (Phi) is 1.48. The molecule has 1 heterocycles. The Labute approximate surface area is 47.5 Å². The fourth-order valence-corrected chi connectivity index (χ4v) is 0.676. The lowest BCUT2D eigenvalue weighted by atomic mass is 10.3. The summed E-state index contributed by atoms with van der Waals surface area (Å²) in [5.41, 5.74) is 0. The van der Waals surface area contributed by atoms with Crippen LogP contribution in [0, 0.1) is 0 Å². The van der Waals surface area contributed by atoms with E-state index >= 15 is 0 Å². The summed E-state index contributed by atoms with van der Waals surface area (Å²) in [5.74, 6) is 0. The highest BCUT2D eigenvalue weighted by Gasteiger charge is 2.23. The van der Waals surface area contributed by atoms with E-state index in [9.17, 15) is 0 Å². The van der Waals surface area contributed by atoms with E-state index in [1.165, 1.54) is 0 Å². The van der Waals surface area contributed by atoms with Crippen LogP contribution >= 0.6 is 0 Å². The van der Waals surface area contributed by atoms with Crippen LogP contribution in [-0.4, -0.2) is 29.3 Å². The molecule has 0 spiro atoms. The quantitative estimate of drug-likeness (QED) is 0.282. The zero-order chi connectivity index (χ0) is 6.04. The minimum atomic E-state index is -1.82. The first kappa shape index (κ1) is 5.97. The van der Waals surface area contributed by atoms with E-state index in [1.807, 2.05) is 0 Å². The first-order valence-electron chi connectivity index (χ1n) is 2.65. The maximum atomic E-state index is 8.71. The van der Waals surface area contributed by atoms with Crippen molar-refractivity contribution in [3.8, 4) is 0 Å². The van der Waals surface area contributed by atoms with Crippen molar-refractivity contribution in [3.63, 3.8) is 0 Å². The molecular weight excluding hydrogens is 108 g/mol. The van der Waals surface area contributed by atoms with Gasteiger partial charge in [-0.2, -0.15) is 0 Å². The normalized spacial score (nSPS) is 27.8. The molecule has 0 aromatic rings. The van der Waals surface area contributed by atoms with Crippen LogP contribution in [0.5, 0.6) is 0 Å². The molecule has 0 aromatic carbocycles. The highest BCUT2D eigenvalue weighted by Crippen LogP contribution is 1.93. The van der Waals surface area contributed by atoms with Crippen molar-refractivity contribution < 1.29 is 10.2 Å². The smallest absolute Gasteiger partial charge is 0.286 e. The third kappa shape index (κ3) is 1.41. The summed E-state index contributed by atoms with van der Waals surface area (Å²) in [6, 6.07) is -1.82. The molecule has 4 heteroatoms. The van der Waals surface area contributed by atoms with Crippen LogP contribution in [0.2, 0.25) is 0 Å². The number of rotatable bonds is 0. The molecule has 8 heavy (non-hydrogen) atoms. The van der Waals surface area contributed by atoms with E-state index < -0.39 is 6.03 Å². The standard InChI is InChI=1S/C4H10N2O2/c7-4(8)5-2-1-3-6-4/h5-8H,1-3H2. The van der Waals surface area contributed by atoms with Gasteiger partial charge in [-0.3, -0.25) is 10.6 Å². The molecule has 0 aliphatic carbocycles. The lowest BCUT2D eigenvalue weighted by Gasteiger charge is -2.28. The average Bonchev–Trinajstić information content (AvgIpc) is 1.65. The van der Waals surface area contributed by atoms with Gasteiger partial charge < -0.3 is 10.2 Å². The topological polar surface area (TPSA) is 64.5 Å². The largest absolute Gasteiger partial charge is 0.341 e. The van der Waals surface area contributed by atoms with Gasteiger partial charge in [0.25, 0.3) is 6.03 Å². The molecule has 0 bridgehead atoms. The van der Waals surface area contributed by atoms with Crippen molar-refractivity contribution in [2.45, 2.75) is 12.5 Å². The molecule has 1 rings (SSSR count). The predicted octanol–water partition coefficient (Wildman–Crippen LogP) is -1.83. The van der Waals surface area contributed by atoms with Crippen molar-refractivity contribution in [1.29, 1.82) is 0 Å². The first-order chi connectivity index (χ1) is 3.71. The number of hydrogen-bond donors (Lipinski definition) is 4. The van der Waals surface area contributed by atoms with E-state index in [4.69, 9.17) is 10.2 Å². The molecular formula is C4H10N2O2. The van der Waals surface area contributed by atoms with Crippen molar-refractivity contribution in [3.05, 3.63) is 0 Å². The fraction of sp³-hybridized carbons (Fsp3) is 1.00. The Balaban J connectivity index is 2.33. The molecule has 0 amide bonds. The lowest BCUT2D eigenvalue weighted by Crippen LogP contribution is -2.61. The lowest BCUT2D eigenvalue weighted by molar-refractivity contribution is -0.216. The van der Waals surface area contributed by atoms with Gasteiger partial charge in [0.2, 0.25) is 0 Å². The molecule has 0 unspecified atom stereocenters. The van der Waals surface area contributed by atoms with Crippen molar-refractivity contribution >= 4 is 0 Å². The van der Waals surface area contributed by atoms with E-state index in [0.717, 1.165) is 6.42 Å². The van der Waals surface area contributed by atoms with E-state index in [2.05, 4.69) is 10.6 Å². The van der Waals surface area contributed by atoms with Gasteiger partial charge in [0.1, 0.15) is 0 Å². The van der Waals surface area contributed by atoms with Gasteiger partial charge in [-0.05, 0) is 6.42 Å². The van der Waals surface area contributed by atoms with Crippen LogP contribution in [0.1, 0.15) is 6.42 Å². The molecule has 0 aromatic heterocycles. The maximum absolute atomic E-state index is 8.71. The van der Waals surface area contributed by atoms with Gasteiger partial charge in [-0.1, -0.05) is 0 Å². The molecule has 1 saturated heterocycles. The molecule has 1 fully saturated rings. The molecule has 1 aliphatic rings. The van der Waals surface area contributed by atoms with Crippen molar-refractivity contribution in [1.82, 2.24) is 10.6 Å². The Morgan fingerprint density at radius 3 is 1.88 bits per heavy atom. The van der Waals surface area contributed by atoms with Gasteiger partial charge in [0.15, 0.2) is 0 Å². The van der Waals surface area contributed by atoms with Gasteiger partial charge in [-0.15, -0.1) is 0 Å². The Bertz CT molecular complexity index is 76.1. The molecule has 0 atom stereocenters. The second kappa shape index (κ2) is 1.99. The van der Waals surface area contributed by atoms with Crippen LogP contribution in [0.4, 0.5) is 0 Å². The Morgan fingerprint density at radius 1 is 1.12 bits per heavy atom. The molecule has 1 aliphatic heterocycles. The van der Waals surface area contributed by atoms with Crippen LogP contribution in [0.3, 0.4) is 0 Å². The molecule has 48 valence electrons. The summed E-state index contributed by atoms with van der Waals surface area (Å²) in [7, 11) is 0. The molecule has 0 radical (unpaired) electrons. The SMILES string of the molecule is OC1(O)NCCCN1. The molecule has 4 N–H and O–H groups in total. The van der Waals surface area contributed by atoms with Gasteiger partial charge in [0, 0.05) is 13.1 Å². The fourth-order valence-electron chi connectivity index (χ4n) is 0.676. The number of hydrogen-bond acceptors (Lipinski definition) is 4. The summed E-state index contributed by atoms with van der Waals surface area (Å²) < 4.78 is 0. The third-order valence-electron chi connectivity index (χ3n) is 1.10. The minimum Gasteiger partial charge on any atom is -0.341 e. The number of aliphatic hydroxyl groups is 2. The van der Waals surface area contributed by atoms with Crippen LogP contribution < -0.4 is 10.6 Å². The highest BCUT2D eigenvalue weighted by atomic mass is 16.5. The van der Waals surface area contributed by atoms with Crippen molar-refractivity contribution in [2.24, 2.45) is 0 Å². The van der Waals surface area contributed by atoms with E-state index in [0.29, 0.717) is 13.1 Å². The van der Waals surface area contributed by atoms with Crippen LogP contribution in [0.25, 0.3) is 0 Å². The predicted molar refractivity (Wildman–Crippen MR) is 27.8 cm³/mol. The van der Waals surface area contributed by atoms with Crippen LogP contribution in [0.15, 0.2) is 0 Å². The average molecular weight is 118 g/mol. The summed E-state index contributed by atoms with van der Waals surface area (Å²) >= 11 is 0. The first-order valence-corrected chi connectivity index (χ1v) is 2.65. The zero-order valence-electron chi connectivity index (χ0n) is 4.52. The van der Waals surface area contributed by atoms with E-state index in [-0.39, 0.29) is 0 Å². The van der Waals surface area contributed by atoms with Gasteiger partial charge in [-0.25, -0.2) is 0 Å². The maximum Gasteiger partial charge on any atom is 0.286 e. The number of nitrogens with one attached hydrogen (secondary N) is 2. The Hall–Kier alpha value is -0.160. The van der Waals surface area contributed by atoms with Crippen LogP contribution in [-0.2, 0) is 0 Å². The summed E-state index contributed by atoms with van der Waals surface area (Å²) in [6.45, 7) is 1.31. The third-order valence-corrected chi connectivity index (χ3v) is 1.10. The summed E-state index contributed by atoms with van der Waals surface area (Å²) in [6.07, 6.45) is 0.933. The van der Waals surface area contributed by atoms with Gasteiger partial charge >= 0.3 is 0 Å². The Morgan fingerprint density at radius 2 is 1.62 bits per heavy atom. The second-order valence-electron chi connectivity index (χ2n) is 1.88. The minimum absolute atomic E-state index is 0.653.